The first kappa shape index (κ1) is 21.5. The summed E-state index contributed by atoms with van der Waals surface area (Å²) < 4.78 is 0. The molecule has 6 nitrogen and oxygen atoms in total. The fraction of sp³-hybridized carbons (Fsp3) is 0.417. The third kappa shape index (κ3) is 5.13. The number of nitrogens with one attached hydrogen (secondary N) is 1. The van der Waals surface area contributed by atoms with E-state index in [9.17, 15) is 9.59 Å². The van der Waals surface area contributed by atoms with Gasteiger partial charge in [0, 0.05) is 50.4 Å². The average Bonchev–Trinajstić information content (AvgIpc) is 3.27. The van der Waals surface area contributed by atoms with Gasteiger partial charge in [0.05, 0.1) is 17.9 Å². The number of hydrogen-bond donors (Lipinski definition) is 1. The van der Waals surface area contributed by atoms with Crippen molar-refractivity contribution in [2.75, 3.05) is 49.6 Å². The van der Waals surface area contributed by atoms with Gasteiger partial charge in [0.25, 0.3) is 5.91 Å². The molecule has 1 N–H and O–H groups in total. The van der Waals surface area contributed by atoms with Crippen molar-refractivity contribution < 1.29 is 9.59 Å². The summed E-state index contributed by atoms with van der Waals surface area (Å²) in [6.45, 7) is 4.15. The molecule has 164 valence electrons. The summed E-state index contributed by atoms with van der Waals surface area (Å²) in [6.07, 6.45) is 3.14. The molecule has 0 unspecified atom stereocenters. The molecule has 0 aliphatic carbocycles. The Morgan fingerprint density at radius 1 is 0.935 bits per heavy atom. The lowest BCUT2D eigenvalue weighted by atomic mass is 10.1. The van der Waals surface area contributed by atoms with E-state index in [-0.39, 0.29) is 18.4 Å². The number of rotatable bonds is 5. The van der Waals surface area contributed by atoms with E-state index in [0.29, 0.717) is 17.1 Å². The molecule has 4 rings (SSSR count). The summed E-state index contributed by atoms with van der Waals surface area (Å²) in [7, 11) is 2.06. The first-order valence-corrected chi connectivity index (χ1v) is 11.3. The van der Waals surface area contributed by atoms with Crippen molar-refractivity contribution in [1.82, 2.24) is 10.2 Å². The molecule has 2 amide bonds. The predicted molar refractivity (Wildman–Crippen MR) is 125 cm³/mol. The Morgan fingerprint density at radius 3 is 2.42 bits per heavy atom. The van der Waals surface area contributed by atoms with Crippen molar-refractivity contribution in [3.05, 3.63) is 58.6 Å². The van der Waals surface area contributed by atoms with Crippen molar-refractivity contribution in [1.29, 1.82) is 0 Å². The molecule has 31 heavy (non-hydrogen) atoms. The van der Waals surface area contributed by atoms with Gasteiger partial charge in [-0.25, -0.2) is 0 Å². The van der Waals surface area contributed by atoms with E-state index in [1.165, 1.54) is 0 Å². The van der Waals surface area contributed by atoms with E-state index >= 15 is 0 Å². The number of carbonyl (C=O) groups excluding carboxylic acids is 2. The first-order chi connectivity index (χ1) is 15.0. The Labute approximate surface area is 188 Å². The molecule has 2 aliphatic rings. The zero-order valence-electron chi connectivity index (χ0n) is 17.9. The fourth-order valence-corrected chi connectivity index (χ4v) is 4.44. The van der Waals surface area contributed by atoms with Crippen LogP contribution in [0, 0.1) is 0 Å². The van der Waals surface area contributed by atoms with Crippen LogP contribution in [0.1, 0.15) is 35.2 Å². The highest BCUT2D eigenvalue weighted by atomic mass is 35.5. The maximum Gasteiger partial charge on any atom is 0.253 e. The maximum atomic E-state index is 12.7. The van der Waals surface area contributed by atoms with Crippen molar-refractivity contribution in [3.8, 4) is 0 Å². The first-order valence-electron chi connectivity index (χ1n) is 10.9. The largest absolute Gasteiger partial charge is 0.373 e. The van der Waals surface area contributed by atoms with Gasteiger partial charge in [-0.15, -0.1) is 0 Å². The molecule has 1 saturated heterocycles. The fourth-order valence-electron chi connectivity index (χ4n) is 4.27. The van der Waals surface area contributed by atoms with Crippen LogP contribution in [0.4, 0.5) is 11.4 Å². The van der Waals surface area contributed by atoms with E-state index in [1.54, 1.807) is 0 Å². The lowest BCUT2D eigenvalue weighted by Gasteiger charge is -2.25. The highest BCUT2D eigenvalue weighted by Gasteiger charge is 2.21. The molecule has 1 fully saturated rings. The molecular formula is C24H29ClN4O2. The Morgan fingerprint density at radius 2 is 1.68 bits per heavy atom. The molecule has 0 atom stereocenters. The van der Waals surface area contributed by atoms with Gasteiger partial charge in [0.15, 0.2) is 0 Å². The minimum absolute atomic E-state index is 0.0345. The van der Waals surface area contributed by atoms with Gasteiger partial charge in [-0.1, -0.05) is 23.7 Å². The zero-order valence-corrected chi connectivity index (χ0v) is 18.7. The van der Waals surface area contributed by atoms with Crippen LogP contribution < -0.4 is 15.1 Å². The van der Waals surface area contributed by atoms with Crippen LogP contribution in [0.25, 0.3) is 0 Å². The summed E-state index contributed by atoms with van der Waals surface area (Å²) in [6, 6.07) is 13.4. The maximum absolute atomic E-state index is 12.7. The van der Waals surface area contributed by atoms with Crippen molar-refractivity contribution in [2.45, 2.75) is 25.8 Å². The number of benzene rings is 2. The highest BCUT2D eigenvalue weighted by molar-refractivity contribution is 6.31. The number of halogens is 1. The van der Waals surface area contributed by atoms with Gasteiger partial charge >= 0.3 is 0 Å². The molecule has 0 radical (unpaired) electrons. The van der Waals surface area contributed by atoms with E-state index in [2.05, 4.69) is 22.2 Å². The molecule has 0 aromatic heterocycles. The molecule has 2 heterocycles. The summed E-state index contributed by atoms with van der Waals surface area (Å²) in [5, 5.41) is 3.67. The third-order valence-electron chi connectivity index (χ3n) is 6.03. The number of fused-ring (bicyclic) bond motifs is 1. The van der Waals surface area contributed by atoms with Crippen molar-refractivity contribution >= 4 is 34.8 Å². The lowest BCUT2D eigenvalue weighted by molar-refractivity contribution is -0.119. The monoisotopic (exact) mass is 440 g/mol. The predicted octanol–water partition coefficient (Wildman–Crippen LogP) is 3.54. The normalized spacial score (nSPS) is 16.1. The number of hydrogen-bond acceptors (Lipinski definition) is 4. The number of nitrogens with zero attached hydrogens (tertiary/aromatic N) is 3. The highest BCUT2D eigenvalue weighted by Crippen LogP contribution is 2.33. The van der Waals surface area contributed by atoms with Gasteiger partial charge in [-0.2, -0.15) is 0 Å². The molecule has 7 heteroatoms. The molecule has 0 bridgehead atoms. The lowest BCUT2D eigenvalue weighted by Crippen LogP contribution is -2.37. The third-order valence-corrected chi connectivity index (χ3v) is 6.26. The summed E-state index contributed by atoms with van der Waals surface area (Å²) >= 11 is 6.22. The average molecular weight is 441 g/mol. The van der Waals surface area contributed by atoms with Crippen LogP contribution in [0.3, 0.4) is 0 Å². The number of likely N-dealkylation sites (tertiary alicyclic amines) is 1. The zero-order chi connectivity index (χ0) is 21.8. The summed E-state index contributed by atoms with van der Waals surface area (Å²) in [5.74, 6) is 0.0595. The molecule has 2 aromatic rings. The van der Waals surface area contributed by atoms with E-state index in [0.717, 1.165) is 62.4 Å². The standard InChI is InChI=1S/C24H29ClN4O2/c1-27-11-4-14-29(22-15-20(25)9-10-21(22)27)17-23(30)26-16-18-5-7-19(8-6-18)24(31)28-12-2-3-13-28/h5-10,15H,2-4,11-14,16-17H2,1H3,(H,26,30). The summed E-state index contributed by atoms with van der Waals surface area (Å²) in [5.41, 5.74) is 3.77. The van der Waals surface area contributed by atoms with Crippen LogP contribution >= 0.6 is 11.6 Å². The second-order valence-corrected chi connectivity index (χ2v) is 8.74. The quantitative estimate of drug-likeness (QED) is 0.772. The minimum Gasteiger partial charge on any atom is -0.373 e. The number of anilines is 2. The van der Waals surface area contributed by atoms with Crippen LogP contribution in [0.5, 0.6) is 0 Å². The van der Waals surface area contributed by atoms with E-state index in [1.807, 2.05) is 47.4 Å². The smallest absolute Gasteiger partial charge is 0.253 e. The van der Waals surface area contributed by atoms with Gasteiger partial charge in [-0.05, 0) is 55.2 Å². The topological polar surface area (TPSA) is 55.9 Å². The number of carbonyl (C=O) groups is 2. The molecule has 0 spiro atoms. The number of amides is 2. The Hall–Kier alpha value is -2.73. The molecule has 2 aromatic carbocycles. The van der Waals surface area contributed by atoms with Crippen LogP contribution in [0.15, 0.2) is 42.5 Å². The van der Waals surface area contributed by atoms with Crippen LogP contribution in [0.2, 0.25) is 5.02 Å². The minimum atomic E-state index is -0.0345. The van der Waals surface area contributed by atoms with E-state index in [4.69, 9.17) is 11.6 Å². The Balaban J connectivity index is 1.34. The van der Waals surface area contributed by atoms with Crippen molar-refractivity contribution in [2.24, 2.45) is 0 Å². The van der Waals surface area contributed by atoms with Crippen LogP contribution in [-0.4, -0.2) is 56.5 Å². The van der Waals surface area contributed by atoms with Crippen LogP contribution in [-0.2, 0) is 11.3 Å². The van der Waals surface area contributed by atoms with Gasteiger partial charge in [0.1, 0.15) is 0 Å². The SMILES string of the molecule is CN1CCCN(CC(=O)NCc2ccc(C(=O)N3CCCC3)cc2)c2cc(Cl)ccc21. The molecule has 0 saturated carbocycles. The van der Waals surface area contributed by atoms with Gasteiger partial charge in [-0.3, -0.25) is 9.59 Å². The summed E-state index contributed by atoms with van der Waals surface area (Å²) in [4.78, 5) is 31.3. The molecular weight excluding hydrogens is 412 g/mol. The van der Waals surface area contributed by atoms with Crippen molar-refractivity contribution in [3.63, 3.8) is 0 Å². The second-order valence-electron chi connectivity index (χ2n) is 8.30. The van der Waals surface area contributed by atoms with Gasteiger partial charge in [0.2, 0.25) is 5.91 Å². The molecule has 2 aliphatic heterocycles. The van der Waals surface area contributed by atoms with E-state index < -0.39 is 0 Å². The Bertz CT molecular complexity index is 941. The Kier molecular flexibility index (Phi) is 6.66. The van der Waals surface area contributed by atoms with Gasteiger partial charge < -0.3 is 20.0 Å². The second kappa shape index (κ2) is 9.60.